The molecule has 10 heteroatoms. The van der Waals surface area contributed by atoms with Crippen LogP contribution in [-0.4, -0.2) is 25.8 Å². The molecule has 180 valence electrons. The minimum atomic E-state index is -0.661. The van der Waals surface area contributed by atoms with E-state index in [1.54, 1.807) is 16.7 Å². The Morgan fingerprint density at radius 2 is 1.86 bits per heavy atom. The summed E-state index contributed by atoms with van der Waals surface area (Å²) in [4.78, 5) is 41.7. The van der Waals surface area contributed by atoms with Gasteiger partial charge < -0.3 is 5.73 Å². The molecular formula is C25H25N5O4S. The van der Waals surface area contributed by atoms with E-state index in [1.165, 1.54) is 15.9 Å². The Bertz CT molecular complexity index is 1610. The van der Waals surface area contributed by atoms with Gasteiger partial charge in [0.05, 0.1) is 11.9 Å². The van der Waals surface area contributed by atoms with Gasteiger partial charge in [-0.3, -0.25) is 23.4 Å². The summed E-state index contributed by atoms with van der Waals surface area (Å²) in [5, 5.41) is 4.27. The van der Waals surface area contributed by atoms with Crippen molar-refractivity contribution in [3.05, 3.63) is 109 Å². The number of allylic oxidation sites excluding steroid dienone is 4. The molecule has 0 aliphatic heterocycles. The van der Waals surface area contributed by atoms with Crippen molar-refractivity contribution in [1.29, 1.82) is 0 Å². The van der Waals surface area contributed by atoms with E-state index in [9.17, 15) is 14.4 Å². The predicted octanol–water partition coefficient (Wildman–Crippen LogP) is 2.75. The molecule has 3 heterocycles. The standard InChI is InChI=1S/C25H25N5O4S/c1-4-17-13-20-22(31)29(12-11-26)25(33)30(23(20)35-17)14-15-7-9-16(10-8-15)18(5-2)19(6-3)21-27-24(32)34-28-21/h5-10,13H,2-4,11-12,14,26H2,1H3,(H,27,28,32)/b19-18-. The number of aryl methyl sites for hydroxylation is 1. The molecule has 9 nitrogen and oxygen atoms in total. The molecular weight excluding hydrogens is 466 g/mol. The summed E-state index contributed by atoms with van der Waals surface area (Å²) in [6.07, 6.45) is 3.99. The minimum Gasteiger partial charge on any atom is -0.329 e. The number of hydrogen-bond acceptors (Lipinski definition) is 7. The van der Waals surface area contributed by atoms with E-state index in [1.807, 2.05) is 37.3 Å². The Morgan fingerprint density at radius 3 is 2.43 bits per heavy atom. The van der Waals surface area contributed by atoms with Gasteiger partial charge in [-0.25, -0.2) is 9.59 Å². The fourth-order valence-electron chi connectivity index (χ4n) is 3.93. The molecule has 0 radical (unpaired) electrons. The van der Waals surface area contributed by atoms with Gasteiger partial charge in [-0.1, -0.05) is 61.7 Å². The lowest BCUT2D eigenvalue weighted by Gasteiger charge is -2.12. The van der Waals surface area contributed by atoms with Crippen LogP contribution in [-0.2, 0) is 19.5 Å². The molecule has 4 rings (SSSR count). The molecule has 0 fully saturated rings. The summed E-state index contributed by atoms with van der Waals surface area (Å²) in [6, 6.07) is 9.43. The maximum Gasteiger partial charge on any atom is 0.439 e. The van der Waals surface area contributed by atoms with Crippen LogP contribution in [0.2, 0.25) is 0 Å². The van der Waals surface area contributed by atoms with E-state index < -0.39 is 5.76 Å². The molecule has 0 amide bonds. The fourth-order valence-corrected chi connectivity index (χ4v) is 5.00. The largest absolute Gasteiger partial charge is 0.439 e. The zero-order valence-electron chi connectivity index (χ0n) is 19.2. The lowest BCUT2D eigenvalue weighted by molar-refractivity contribution is 0.385. The van der Waals surface area contributed by atoms with Crippen LogP contribution in [0.1, 0.15) is 28.8 Å². The van der Waals surface area contributed by atoms with Crippen molar-refractivity contribution in [3.63, 3.8) is 0 Å². The number of nitrogens with one attached hydrogen (secondary N) is 1. The number of thiophene rings is 1. The molecule has 0 saturated carbocycles. The van der Waals surface area contributed by atoms with Crippen LogP contribution >= 0.6 is 11.3 Å². The summed E-state index contributed by atoms with van der Waals surface area (Å²) >= 11 is 1.46. The van der Waals surface area contributed by atoms with Crippen LogP contribution in [0.5, 0.6) is 0 Å². The molecule has 0 atom stereocenters. The van der Waals surface area contributed by atoms with E-state index in [0.29, 0.717) is 27.9 Å². The SMILES string of the molecule is C=C/C(=C(\C=C)c1noc(=O)[nH]1)c1ccc(Cn2c(=O)n(CCN)c(=O)c3cc(CC)sc32)cc1. The first-order valence-electron chi connectivity index (χ1n) is 11.0. The van der Waals surface area contributed by atoms with Crippen molar-refractivity contribution in [2.45, 2.75) is 26.4 Å². The Labute approximate surface area is 204 Å². The molecule has 0 spiro atoms. The number of benzene rings is 1. The van der Waals surface area contributed by atoms with Crippen molar-refractivity contribution < 1.29 is 4.52 Å². The van der Waals surface area contributed by atoms with Crippen molar-refractivity contribution in [2.75, 3.05) is 6.54 Å². The molecule has 3 aromatic heterocycles. The van der Waals surface area contributed by atoms with Crippen LogP contribution < -0.4 is 22.7 Å². The quantitative estimate of drug-likeness (QED) is 0.347. The average molecular weight is 492 g/mol. The monoisotopic (exact) mass is 491 g/mol. The maximum atomic E-state index is 13.2. The third kappa shape index (κ3) is 4.53. The van der Waals surface area contributed by atoms with E-state index in [-0.39, 0.29) is 30.2 Å². The highest BCUT2D eigenvalue weighted by Gasteiger charge is 2.17. The number of nitrogens with zero attached hydrogens (tertiary/aromatic N) is 3. The number of aromatic nitrogens is 4. The Morgan fingerprint density at radius 1 is 1.14 bits per heavy atom. The topological polar surface area (TPSA) is 129 Å². The van der Waals surface area contributed by atoms with Gasteiger partial charge in [-0.15, -0.1) is 11.3 Å². The van der Waals surface area contributed by atoms with Gasteiger partial charge >= 0.3 is 11.4 Å². The van der Waals surface area contributed by atoms with Gasteiger partial charge in [-0.2, -0.15) is 0 Å². The van der Waals surface area contributed by atoms with Crippen molar-refractivity contribution in [1.82, 2.24) is 19.3 Å². The van der Waals surface area contributed by atoms with Gasteiger partial charge in [-0.05, 0) is 29.2 Å². The lowest BCUT2D eigenvalue weighted by Crippen LogP contribution is -2.41. The predicted molar refractivity (Wildman–Crippen MR) is 139 cm³/mol. The van der Waals surface area contributed by atoms with Gasteiger partial charge in [0.25, 0.3) is 5.56 Å². The van der Waals surface area contributed by atoms with Crippen LogP contribution in [0.25, 0.3) is 21.4 Å². The zero-order chi connectivity index (χ0) is 25.1. The van der Waals surface area contributed by atoms with Gasteiger partial charge in [0.15, 0.2) is 5.82 Å². The van der Waals surface area contributed by atoms with Crippen molar-refractivity contribution in [2.24, 2.45) is 5.73 Å². The summed E-state index contributed by atoms with van der Waals surface area (Å²) in [7, 11) is 0. The van der Waals surface area contributed by atoms with Crippen LogP contribution in [0.15, 0.2) is 74.5 Å². The van der Waals surface area contributed by atoms with Gasteiger partial charge in [0.2, 0.25) is 0 Å². The molecule has 1 aromatic carbocycles. The van der Waals surface area contributed by atoms with Crippen molar-refractivity contribution >= 4 is 32.7 Å². The number of fused-ring (bicyclic) bond motifs is 1. The highest BCUT2D eigenvalue weighted by Crippen LogP contribution is 2.27. The molecule has 0 aliphatic rings. The van der Waals surface area contributed by atoms with E-state index in [0.717, 1.165) is 22.4 Å². The highest BCUT2D eigenvalue weighted by atomic mass is 32.1. The Balaban J connectivity index is 1.77. The molecule has 3 N–H and O–H groups in total. The van der Waals surface area contributed by atoms with Crippen LogP contribution in [0, 0.1) is 0 Å². The normalized spacial score (nSPS) is 12.1. The van der Waals surface area contributed by atoms with Gasteiger partial charge in [0.1, 0.15) is 4.83 Å². The Hall–Kier alpha value is -4.02. The zero-order valence-corrected chi connectivity index (χ0v) is 20.1. The smallest absolute Gasteiger partial charge is 0.329 e. The second kappa shape index (κ2) is 10.1. The minimum absolute atomic E-state index is 0.159. The summed E-state index contributed by atoms with van der Waals surface area (Å²) in [5.74, 6) is -0.407. The summed E-state index contributed by atoms with van der Waals surface area (Å²) in [6.45, 7) is 10.3. The first-order valence-corrected chi connectivity index (χ1v) is 11.8. The first-order chi connectivity index (χ1) is 16.9. The molecule has 35 heavy (non-hydrogen) atoms. The molecule has 0 unspecified atom stereocenters. The number of nitrogens with two attached hydrogens (primary N) is 1. The molecule has 0 aliphatic carbocycles. The Kier molecular flexibility index (Phi) is 6.94. The van der Waals surface area contributed by atoms with Crippen LogP contribution in [0.4, 0.5) is 0 Å². The molecule has 0 saturated heterocycles. The first kappa shape index (κ1) is 24.1. The highest BCUT2D eigenvalue weighted by molar-refractivity contribution is 7.18. The average Bonchev–Trinajstić information content (AvgIpc) is 3.50. The van der Waals surface area contributed by atoms with E-state index >= 15 is 0 Å². The number of aromatic amines is 1. The summed E-state index contributed by atoms with van der Waals surface area (Å²) < 4.78 is 7.45. The van der Waals surface area contributed by atoms with E-state index in [2.05, 4.69) is 27.8 Å². The van der Waals surface area contributed by atoms with Crippen LogP contribution in [0.3, 0.4) is 0 Å². The van der Waals surface area contributed by atoms with Crippen molar-refractivity contribution in [3.8, 4) is 0 Å². The maximum absolute atomic E-state index is 13.2. The second-order valence-electron chi connectivity index (χ2n) is 7.78. The second-order valence-corrected chi connectivity index (χ2v) is 8.89. The van der Waals surface area contributed by atoms with Gasteiger partial charge in [0, 0.05) is 23.5 Å². The third-order valence-corrected chi connectivity index (χ3v) is 6.95. The number of hydrogen-bond donors (Lipinski definition) is 2. The fraction of sp³-hybridized carbons (Fsp3) is 0.200. The number of H-pyrrole nitrogens is 1. The van der Waals surface area contributed by atoms with E-state index in [4.69, 9.17) is 5.73 Å². The lowest BCUT2D eigenvalue weighted by atomic mass is 9.98. The third-order valence-electron chi connectivity index (χ3n) is 5.65. The molecule has 0 bridgehead atoms. The number of rotatable bonds is 9. The molecule has 4 aromatic rings. The summed E-state index contributed by atoms with van der Waals surface area (Å²) in [5.41, 5.74) is 7.94.